The lowest BCUT2D eigenvalue weighted by atomic mass is 10.4. The van der Waals surface area contributed by atoms with Crippen molar-refractivity contribution in [3.05, 3.63) is 11.1 Å². The largest absolute Gasteiger partial charge is 0.375 e. The van der Waals surface area contributed by atoms with Gasteiger partial charge in [0.25, 0.3) is 0 Å². The van der Waals surface area contributed by atoms with Crippen LogP contribution in [0.1, 0.15) is 19.5 Å². The number of anilines is 1. The van der Waals surface area contributed by atoms with Crippen molar-refractivity contribution in [2.45, 2.75) is 26.4 Å². The van der Waals surface area contributed by atoms with Gasteiger partial charge in [-0.2, -0.15) is 0 Å². The summed E-state index contributed by atoms with van der Waals surface area (Å²) in [6, 6.07) is 0.498. The first kappa shape index (κ1) is 8.49. The molecule has 1 heterocycles. The van der Waals surface area contributed by atoms with E-state index < -0.39 is 0 Å². The van der Waals surface area contributed by atoms with Gasteiger partial charge < -0.3 is 11.1 Å². The van der Waals surface area contributed by atoms with E-state index in [-0.39, 0.29) is 0 Å². The van der Waals surface area contributed by atoms with Crippen LogP contribution in [0.5, 0.6) is 0 Å². The number of nitrogens with zero attached hydrogens (tertiary/aromatic N) is 1. The van der Waals surface area contributed by atoms with Crippen molar-refractivity contribution >= 4 is 16.5 Å². The van der Waals surface area contributed by atoms with Gasteiger partial charge in [-0.3, -0.25) is 0 Å². The zero-order valence-electron chi connectivity index (χ0n) is 6.79. The Balaban J connectivity index is 2.39. The maximum Gasteiger partial charge on any atom is 0.180 e. The summed E-state index contributed by atoms with van der Waals surface area (Å²) in [5, 5.41) is 5.88. The second-order valence-corrected chi connectivity index (χ2v) is 3.60. The minimum atomic E-state index is 0.498. The van der Waals surface area contributed by atoms with Crippen LogP contribution in [0.2, 0.25) is 0 Å². The van der Waals surface area contributed by atoms with E-state index in [1.54, 1.807) is 0 Å². The van der Waals surface area contributed by atoms with Crippen LogP contribution in [0.3, 0.4) is 0 Å². The molecule has 1 rings (SSSR count). The van der Waals surface area contributed by atoms with E-state index in [2.05, 4.69) is 24.1 Å². The molecule has 0 saturated heterocycles. The molecular formula is C7H13N3S. The predicted octanol–water partition coefficient (Wildman–Crippen LogP) is 1.22. The van der Waals surface area contributed by atoms with Crippen LogP contribution in [-0.4, -0.2) is 11.0 Å². The Kier molecular flexibility index (Phi) is 2.84. The lowest BCUT2D eigenvalue weighted by Gasteiger charge is -2.04. The number of hydrogen-bond acceptors (Lipinski definition) is 4. The zero-order valence-corrected chi connectivity index (χ0v) is 7.61. The third-order valence-corrected chi connectivity index (χ3v) is 1.98. The van der Waals surface area contributed by atoms with Gasteiger partial charge >= 0.3 is 0 Å². The van der Waals surface area contributed by atoms with E-state index in [0.29, 0.717) is 11.2 Å². The molecule has 1 aromatic heterocycles. The van der Waals surface area contributed by atoms with Crippen LogP contribution in [-0.2, 0) is 6.54 Å². The Morgan fingerprint density at radius 3 is 2.91 bits per heavy atom. The minimum absolute atomic E-state index is 0.498. The molecule has 0 radical (unpaired) electrons. The highest BCUT2D eigenvalue weighted by molar-refractivity contribution is 7.13. The summed E-state index contributed by atoms with van der Waals surface area (Å²) in [6.45, 7) is 5.02. The van der Waals surface area contributed by atoms with E-state index in [9.17, 15) is 0 Å². The molecule has 0 unspecified atom stereocenters. The monoisotopic (exact) mass is 171 g/mol. The second kappa shape index (κ2) is 3.69. The Morgan fingerprint density at radius 2 is 2.45 bits per heavy atom. The fourth-order valence-electron chi connectivity index (χ4n) is 0.713. The highest BCUT2D eigenvalue weighted by Crippen LogP contribution is 2.10. The van der Waals surface area contributed by atoms with Gasteiger partial charge in [-0.15, -0.1) is 11.3 Å². The third-order valence-electron chi connectivity index (χ3n) is 1.26. The van der Waals surface area contributed by atoms with Gasteiger partial charge in [-0.1, -0.05) is 13.8 Å². The molecule has 0 aliphatic carbocycles. The number of thiazole rings is 1. The first-order chi connectivity index (χ1) is 5.18. The quantitative estimate of drug-likeness (QED) is 0.719. The van der Waals surface area contributed by atoms with Gasteiger partial charge in [0, 0.05) is 18.0 Å². The van der Waals surface area contributed by atoms with Crippen molar-refractivity contribution in [3.8, 4) is 0 Å². The van der Waals surface area contributed by atoms with Crippen molar-refractivity contribution in [2.75, 3.05) is 5.73 Å². The average molecular weight is 171 g/mol. The van der Waals surface area contributed by atoms with Gasteiger partial charge in [0.1, 0.15) is 0 Å². The SMILES string of the molecule is CC(C)NCc1csc(N)n1. The molecule has 0 spiro atoms. The number of nitrogen functional groups attached to an aromatic ring is 1. The minimum Gasteiger partial charge on any atom is -0.375 e. The standard InChI is InChI=1S/C7H13N3S/c1-5(2)9-3-6-4-11-7(8)10-6/h4-5,9H,3H2,1-2H3,(H2,8,10). The molecular weight excluding hydrogens is 158 g/mol. The number of rotatable bonds is 3. The number of nitrogens with one attached hydrogen (secondary N) is 1. The molecule has 0 aliphatic heterocycles. The first-order valence-corrected chi connectivity index (χ1v) is 4.49. The van der Waals surface area contributed by atoms with Crippen molar-refractivity contribution in [1.29, 1.82) is 0 Å². The van der Waals surface area contributed by atoms with E-state index in [1.165, 1.54) is 11.3 Å². The molecule has 1 aromatic rings. The Bertz CT molecular complexity index is 219. The zero-order chi connectivity index (χ0) is 8.27. The molecule has 0 saturated carbocycles. The number of aromatic nitrogens is 1. The fourth-order valence-corrected chi connectivity index (χ4v) is 1.28. The van der Waals surface area contributed by atoms with Gasteiger partial charge in [0.05, 0.1) is 5.69 Å². The predicted molar refractivity (Wildman–Crippen MR) is 48.5 cm³/mol. The molecule has 11 heavy (non-hydrogen) atoms. The summed E-state index contributed by atoms with van der Waals surface area (Å²) in [5.74, 6) is 0. The van der Waals surface area contributed by atoms with Crippen LogP contribution >= 0.6 is 11.3 Å². The number of hydrogen-bond donors (Lipinski definition) is 2. The molecule has 3 nitrogen and oxygen atoms in total. The summed E-state index contributed by atoms with van der Waals surface area (Å²) in [7, 11) is 0. The molecule has 0 fully saturated rings. The highest BCUT2D eigenvalue weighted by Gasteiger charge is 1.98. The molecule has 3 N–H and O–H groups in total. The van der Waals surface area contributed by atoms with E-state index in [1.807, 2.05) is 5.38 Å². The smallest absolute Gasteiger partial charge is 0.180 e. The third kappa shape index (κ3) is 2.86. The van der Waals surface area contributed by atoms with Crippen molar-refractivity contribution in [1.82, 2.24) is 10.3 Å². The second-order valence-electron chi connectivity index (χ2n) is 2.71. The van der Waals surface area contributed by atoms with Crippen molar-refractivity contribution < 1.29 is 0 Å². The average Bonchev–Trinajstić information content (AvgIpc) is 2.31. The lowest BCUT2D eigenvalue weighted by Crippen LogP contribution is -2.21. The van der Waals surface area contributed by atoms with E-state index >= 15 is 0 Å². The molecule has 0 bridgehead atoms. The van der Waals surface area contributed by atoms with E-state index in [0.717, 1.165) is 12.2 Å². The normalized spacial score (nSPS) is 10.8. The molecule has 0 amide bonds. The topological polar surface area (TPSA) is 50.9 Å². The van der Waals surface area contributed by atoms with Gasteiger partial charge in [0.2, 0.25) is 0 Å². The van der Waals surface area contributed by atoms with Gasteiger partial charge in [-0.25, -0.2) is 4.98 Å². The highest BCUT2D eigenvalue weighted by atomic mass is 32.1. The summed E-state index contributed by atoms with van der Waals surface area (Å²) < 4.78 is 0. The molecule has 0 aromatic carbocycles. The summed E-state index contributed by atoms with van der Waals surface area (Å²) >= 11 is 1.48. The van der Waals surface area contributed by atoms with Crippen LogP contribution in [0, 0.1) is 0 Å². The van der Waals surface area contributed by atoms with Crippen molar-refractivity contribution in [3.63, 3.8) is 0 Å². The van der Waals surface area contributed by atoms with Crippen LogP contribution in [0.15, 0.2) is 5.38 Å². The van der Waals surface area contributed by atoms with Crippen LogP contribution in [0.25, 0.3) is 0 Å². The summed E-state index contributed by atoms with van der Waals surface area (Å²) in [5.41, 5.74) is 6.49. The Morgan fingerprint density at radius 1 is 1.73 bits per heavy atom. The van der Waals surface area contributed by atoms with Gasteiger partial charge in [-0.05, 0) is 0 Å². The maximum absolute atomic E-state index is 5.46. The summed E-state index contributed by atoms with van der Waals surface area (Å²) in [6.07, 6.45) is 0. The fraction of sp³-hybridized carbons (Fsp3) is 0.571. The summed E-state index contributed by atoms with van der Waals surface area (Å²) in [4.78, 5) is 4.12. The first-order valence-electron chi connectivity index (χ1n) is 3.61. The molecule has 0 atom stereocenters. The molecule has 0 aliphatic rings. The van der Waals surface area contributed by atoms with E-state index in [4.69, 9.17) is 5.73 Å². The maximum atomic E-state index is 5.46. The Labute approximate surface area is 70.6 Å². The number of nitrogens with two attached hydrogens (primary N) is 1. The van der Waals surface area contributed by atoms with Crippen LogP contribution in [0.4, 0.5) is 5.13 Å². The Hall–Kier alpha value is -0.610. The van der Waals surface area contributed by atoms with Crippen molar-refractivity contribution in [2.24, 2.45) is 0 Å². The lowest BCUT2D eigenvalue weighted by molar-refractivity contribution is 0.583. The molecule has 62 valence electrons. The molecule has 4 heteroatoms. The van der Waals surface area contributed by atoms with Gasteiger partial charge in [0.15, 0.2) is 5.13 Å². The van der Waals surface area contributed by atoms with Crippen LogP contribution < -0.4 is 11.1 Å².